The van der Waals surface area contributed by atoms with Crippen molar-refractivity contribution in [2.75, 3.05) is 14.2 Å². The second kappa shape index (κ2) is 8.42. The first-order chi connectivity index (χ1) is 14.6. The molecule has 1 aliphatic heterocycles. The molecule has 0 unspecified atom stereocenters. The van der Waals surface area contributed by atoms with Gasteiger partial charge in [-0.2, -0.15) is 0 Å². The summed E-state index contributed by atoms with van der Waals surface area (Å²) in [5.41, 5.74) is 1.05. The molecule has 0 fully saturated rings. The van der Waals surface area contributed by atoms with Gasteiger partial charge in [0.15, 0.2) is 17.3 Å². The molecule has 0 radical (unpaired) electrons. The van der Waals surface area contributed by atoms with Crippen molar-refractivity contribution >= 4 is 29.2 Å². The molecule has 0 aliphatic carbocycles. The Morgan fingerprint density at radius 2 is 1.97 bits per heavy atom. The predicted molar refractivity (Wildman–Crippen MR) is 113 cm³/mol. The fourth-order valence-electron chi connectivity index (χ4n) is 3.12. The van der Waals surface area contributed by atoms with Crippen molar-refractivity contribution in [2.24, 2.45) is 0 Å². The predicted octanol–water partition coefficient (Wildman–Crippen LogP) is 4.53. The summed E-state index contributed by atoms with van der Waals surface area (Å²) in [5.74, 6) is 1.24. The molecule has 0 bridgehead atoms. The summed E-state index contributed by atoms with van der Waals surface area (Å²) in [7, 11) is 3.08. The normalized spacial score (nSPS) is 13.7. The number of esters is 1. The Balaban J connectivity index is 1.55. The zero-order valence-corrected chi connectivity index (χ0v) is 17.2. The van der Waals surface area contributed by atoms with E-state index in [1.807, 2.05) is 17.5 Å². The lowest BCUT2D eigenvalue weighted by atomic mass is 10.1. The number of ether oxygens (including phenoxy) is 4. The molecule has 0 amide bonds. The maximum absolute atomic E-state index is 12.7. The highest BCUT2D eigenvalue weighted by atomic mass is 32.1. The summed E-state index contributed by atoms with van der Waals surface area (Å²) in [6, 6.07) is 13.8. The first kappa shape index (κ1) is 19.7. The first-order valence-corrected chi connectivity index (χ1v) is 9.99. The van der Waals surface area contributed by atoms with Crippen molar-refractivity contribution in [3.63, 3.8) is 0 Å². The maximum Gasteiger partial charge on any atom is 0.316 e. The number of allylic oxidation sites excluding steroid dienone is 1. The number of thiophene rings is 1. The van der Waals surface area contributed by atoms with Gasteiger partial charge in [0.2, 0.25) is 5.78 Å². The number of carbonyl (C=O) groups excluding carboxylic acids is 2. The molecule has 7 heteroatoms. The molecule has 4 rings (SSSR count). The Morgan fingerprint density at radius 3 is 2.70 bits per heavy atom. The summed E-state index contributed by atoms with van der Waals surface area (Å²) >= 11 is 1.49. The number of carbonyl (C=O) groups is 2. The first-order valence-electron chi connectivity index (χ1n) is 9.11. The third-order valence-electron chi connectivity index (χ3n) is 4.49. The molecule has 2 aromatic carbocycles. The highest BCUT2D eigenvalue weighted by Crippen LogP contribution is 2.37. The topological polar surface area (TPSA) is 71.1 Å². The monoisotopic (exact) mass is 422 g/mol. The van der Waals surface area contributed by atoms with Gasteiger partial charge >= 0.3 is 5.97 Å². The van der Waals surface area contributed by atoms with Crippen LogP contribution in [0, 0.1) is 0 Å². The Morgan fingerprint density at radius 1 is 1.10 bits per heavy atom. The van der Waals surface area contributed by atoms with Crippen LogP contribution in [-0.2, 0) is 11.2 Å². The Hall–Kier alpha value is -3.58. The van der Waals surface area contributed by atoms with Crippen LogP contribution in [0.4, 0.5) is 0 Å². The van der Waals surface area contributed by atoms with Gasteiger partial charge in [-0.25, -0.2) is 0 Å². The number of ketones is 1. The second-order valence-electron chi connectivity index (χ2n) is 6.41. The number of hydrogen-bond donors (Lipinski definition) is 0. The average Bonchev–Trinajstić information content (AvgIpc) is 3.35. The zero-order chi connectivity index (χ0) is 21.1. The van der Waals surface area contributed by atoms with Gasteiger partial charge in [-0.15, -0.1) is 11.3 Å². The number of para-hydroxylation sites is 1. The molecule has 0 N–H and O–H groups in total. The van der Waals surface area contributed by atoms with E-state index in [0.717, 1.165) is 4.88 Å². The van der Waals surface area contributed by atoms with Crippen LogP contribution in [0.25, 0.3) is 6.08 Å². The Labute approximate surface area is 177 Å². The summed E-state index contributed by atoms with van der Waals surface area (Å²) in [4.78, 5) is 25.8. The highest BCUT2D eigenvalue weighted by molar-refractivity contribution is 7.10. The van der Waals surface area contributed by atoms with Gasteiger partial charge in [0.05, 0.1) is 26.2 Å². The molecule has 30 heavy (non-hydrogen) atoms. The van der Waals surface area contributed by atoms with Crippen LogP contribution in [0.15, 0.2) is 59.7 Å². The third-order valence-corrected chi connectivity index (χ3v) is 5.37. The van der Waals surface area contributed by atoms with E-state index >= 15 is 0 Å². The van der Waals surface area contributed by atoms with Gasteiger partial charge in [-0.3, -0.25) is 9.59 Å². The van der Waals surface area contributed by atoms with Crippen LogP contribution in [-0.4, -0.2) is 26.0 Å². The van der Waals surface area contributed by atoms with E-state index in [2.05, 4.69) is 0 Å². The molecule has 152 valence electrons. The van der Waals surface area contributed by atoms with Gasteiger partial charge in [-0.05, 0) is 35.7 Å². The van der Waals surface area contributed by atoms with Gasteiger partial charge in [-0.1, -0.05) is 18.2 Å². The van der Waals surface area contributed by atoms with E-state index in [1.165, 1.54) is 18.4 Å². The van der Waals surface area contributed by atoms with Crippen molar-refractivity contribution in [3.8, 4) is 23.0 Å². The lowest BCUT2D eigenvalue weighted by molar-refractivity contribution is -0.133. The van der Waals surface area contributed by atoms with Crippen molar-refractivity contribution in [1.82, 2.24) is 0 Å². The molecule has 3 aromatic rings. The van der Waals surface area contributed by atoms with E-state index in [1.54, 1.807) is 49.6 Å². The fraction of sp³-hybridized carbons (Fsp3) is 0.130. The fourth-order valence-corrected chi connectivity index (χ4v) is 3.81. The van der Waals surface area contributed by atoms with Crippen molar-refractivity contribution < 1.29 is 28.5 Å². The molecule has 1 aliphatic rings. The molecule has 2 heterocycles. The summed E-state index contributed by atoms with van der Waals surface area (Å²) < 4.78 is 21.8. The van der Waals surface area contributed by atoms with E-state index < -0.39 is 0 Å². The summed E-state index contributed by atoms with van der Waals surface area (Å²) in [5, 5.41) is 1.91. The molecule has 0 atom stereocenters. The number of benzene rings is 2. The van der Waals surface area contributed by atoms with E-state index in [4.69, 9.17) is 18.9 Å². The highest BCUT2D eigenvalue weighted by Gasteiger charge is 2.28. The van der Waals surface area contributed by atoms with E-state index in [9.17, 15) is 9.59 Å². The lowest BCUT2D eigenvalue weighted by Gasteiger charge is -2.10. The second-order valence-corrected chi connectivity index (χ2v) is 7.44. The maximum atomic E-state index is 12.7. The molecular weight excluding hydrogens is 404 g/mol. The smallest absolute Gasteiger partial charge is 0.316 e. The number of rotatable bonds is 6. The van der Waals surface area contributed by atoms with Gasteiger partial charge in [0, 0.05) is 16.5 Å². The zero-order valence-electron chi connectivity index (χ0n) is 16.3. The SMILES string of the molecule is COc1cccc(/C=C2\Oc3cc(OC(=O)Cc4cccs4)ccc3C2=O)c1OC. The van der Waals surface area contributed by atoms with Gasteiger partial charge in [0.25, 0.3) is 0 Å². The van der Waals surface area contributed by atoms with Crippen LogP contribution in [0.3, 0.4) is 0 Å². The number of hydrogen-bond acceptors (Lipinski definition) is 7. The molecule has 0 saturated carbocycles. The van der Waals surface area contributed by atoms with Crippen molar-refractivity contribution in [2.45, 2.75) is 6.42 Å². The minimum Gasteiger partial charge on any atom is -0.493 e. The summed E-state index contributed by atoms with van der Waals surface area (Å²) in [6.07, 6.45) is 1.79. The van der Waals surface area contributed by atoms with Crippen molar-refractivity contribution in [1.29, 1.82) is 0 Å². The number of methoxy groups -OCH3 is 2. The molecular formula is C23H18O6S. The van der Waals surface area contributed by atoms with Gasteiger partial charge < -0.3 is 18.9 Å². The standard InChI is InChI=1S/C23H18O6S/c1-26-18-7-3-5-14(23(18)27-2)11-20-22(25)17-9-8-15(12-19(17)29-20)28-21(24)13-16-6-4-10-30-16/h3-12H,13H2,1-2H3/b20-11-. The molecule has 6 nitrogen and oxygen atoms in total. The van der Waals surface area contributed by atoms with Crippen LogP contribution in [0.1, 0.15) is 20.8 Å². The van der Waals surface area contributed by atoms with Gasteiger partial charge in [0.1, 0.15) is 11.5 Å². The molecule has 1 aromatic heterocycles. The lowest BCUT2D eigenvalue weighted by Crippen LogP contribution is -2.10. The largest absolute Gasteiger partial charge is 0.493 e. The third kappa shape index (κ3) is 3.92. The minimum absolute atomic E-state index is 0.151. The quantitative estimate of drug-likeness (QED) is 0.330. The molecule has 0 saturated heterocycles. The van der Waals surface area contributed by atoms with Crippen LogP contribution in [0.5, 0.6) is 23.0 Å². The summed E-state index contributed by atoms with van der Waals surface area (Å²) in [6.45, 7) is 0. The van der Waals surface area contributed by atoms with Crippen LogP contribution >= 0.6 is 11.3 Å². The number of fused-ring (bicyclic) bond motifs is 1. The van der Waals surface area contributed by atoms with E-state index in [-0.39, 0.29) is 23.9 Å². The van der Waals surface area contributed by atoms with Crippen LogP contribution < -0.4 is 18.9 Å². The molecule has 0 spiro atoms. The number of Topliss-reactive ketones (excluding diaryl/α,β-unsaturated/α-hetero) is 1. The average molecular weight is 422 g/mol. The Kier molecular flexibility index (Phi) is 5.54. The van der Waals surface area contributed by atoms with Crippen LogP contribution in [0.2, 0.25) is 0 Å². The Bertz CT molecular complexity index is 1130. The van der Waals surface area contributed by atoms with Crippen molar-refractivity contribution in [3.05, 3.63) is 75.7 Å². The van der Waals surface area contributed by atoms with E-state index in [0.29, 0.717) is 34.1 Å². The minimum atomic E-state index is -0.376.